The quantitative estimate of drug-likeness (QED) is 0.799. The molecular weight excluding hydrogens is 344 g/mol. The van der Waals surface area contributed by atoms with Gasteiger partial charge in [0, 0.05) is 6.04 Å². The third-order valence-electron chi connectivity index (χ3n) is 4.93. The zero-order chi connectivity index (χ0) is 18.4. The van der Waals surface area contributed by atoms with Gasteiger partial charge in [-0.15, -0.1) is 10.2 Å². The van der Waals surface area contributed by atoms with Gasteiger partial charge in [-0.05, 0) is 38.3 Å². The monoisotopic (exact) mass is 372 g/mol. The van der Waals surface area contributed by atoms with Crippen LogP contribution in [0.1, 0.15) is 56.1 Å². The van der Waals surface area contributed by atoms with Crippen molar-refractivity contribution in [3.63, 3.8) is 0 Å². The minimum absolute atomic E-state index is 0.0933. The van der Waals surface area contributed by atoms with Crippen molar-refractivity contribution in [2.45, 2.75) is 70.0 Å². The topological polar surface area (TPSA) is 59.8 Å². The molecule has 0 bridgehead atoms. The first-order chi connectivity index (χ1) is 12.6. The lowest BCUT2D eigenvalue weighted by Crippen LogP contribution is -2.36. The van der Waals surface area contributed by atoms with Gasteiger partial charge in [0.1, 0.15) is 6.33 Å². The Balaban J connectivity index is 1.58. The van der Waals surface area contributed by atoms with Crippen molar-refractivity contribution in [1.29, 1.82) is 0 Å². The van der Waals surface area contributed by atoms with Gasteiger partial charge < -0.3 is 5.32 Å². The van der Waals surface area contributed by atoms with Crippen molar-refractivity contribution >= 4 is 17.7 Å². The maximum atomic E-state index is 12.4. The van der Waals surface area contributed by atoms with Crippen LogP contribution in [0.5, 0.6) is 0 Å². The Kier molecular flexibility index (Phi) is 6.72. The summed E-state index contributed by atoms with van der Waals surface area (Å²) in [6.45, 7) is 4.16. The largest absolute Gasteiger partial charge is 0.353 e. The van der Waals surface area contributed by atoms with Crippen molar-refractivity contribution in [3.8, 4) is 5.69 Å². The summed E-state index contributed by atoms with van der Waals surface area (Å²) in [5, 5.41) is 12.2. The summed E-state index contributed by atoms with van der Waals surface area (Å²) in [6.07, 6.45) is 10.3. The molecule has 0 atom stereocenters. The molecule has 2 aromatic rings. The van der Waals surface area contributed by atoms with Crippen LogP contribution in [0.15, 0.2) is 29.7 Å². The van der Waals surface area contributed by atoms with E-state index >= 15 is 0 Å². The summed E-state index contributed by atoms with van der Waals surface area (Å²) in [5.41, 5.74) is 3.46. The maximum Gasteiger partial charge on any atom is 0.230 e. The minimum Gasteiger partial charge on any atom is -0.353 e. The van der Waals surface area contributed by atoms with Crippen LogP contribution in [0, 0.1) is 13.8 Å². The predicted octanol–water partition coefficient (Wildman–Crippen LogP) is 4.21. The Bertz CT molecular complexity index is 735. The number of amides is 1. The molecule has 0 spiro atoms. The number of nitrogens with one attached hydrogen (secondary N) is 1. The molecule has 1 N–H and O–H groups in total. The molecule has 140 valence electrons. The van der Waals surface area contributed by atoms with Crippen LogP contribution in [0.4, 0.5) is 0 Å². The van der Waals surface area contributed by atoms with Crippen LogP contribution in [-0.4, -0.2) is 32.5 Å². The molecule has 1 fully saturated rings. The second kappa shape index (κ2) is 9.21. The van der Waals surface area contributed by atoms with E-state index in [0.29, 0.717) is 11.8 Å². The molecule has 0 aliphatic heterocycles. The van der Waals surface area contributed by atoms with Crippen LogP contribution in [0.2, 0.25) is 0 Å². The fourth-order valence-corrected chi connectivity index (χ4v) is 4.30. The maximum absolute atomic E-state index is 12.4. The number of hydrogen-bond acceptors (Lipinski definition) is 4. The first kappa shape index (κ1) is 19.0. The van der Waals surface area contributed by atoms with E-state index in [1.807, 2.05) is 4.57 Å². The van der Waals surface area contributed by atoms with Gasteiger partial charge in [0.15, 0.2) is 5.16 Å². The summed E-state index contributed by atoms with van der Waals surface area (Å²) < 4.78 is 1.96. The Morgan fingerprint density at radius 1 is 1.19 bits per heavy atom. The Labute approximate surface area is 160 Å². The summed E-state index contributed by atoms with van der Waals surface area (Å²) >= 11 is 1.44. The number of aromatic nitrogens is 3. The summed E-state index contributed by atoms with van der Waals surface area (Å²) in [5.74, 6) is 0.468. The summed E-state index contributed by atoms with van der Waals surface area (Å²) in [4.78, 5) is 12.4. The van der Waals surface area contributed by atoms with E-state index in [9.17, 15) is 4.79 Å². The van der Waals surface area contributed by atoms with Crippen LogP contribution < -0.4 is 5.32 Å². The third kappa shape index (κ3) is 5.10. The van der Waals surface area contributed by atoms with Gasteiger partial charge in [0.2, 0.25) is 5.91 Å². The molecule has 5 nitrogen and oxygen atoms in total. The highest BCUT2D eigenvalue weighted by Crippen LogP contribution is 2.23. The number of nitrogens with zero attached hydrogens (tertiary/aromatic N) is 3. The smallest absolute Gasteiger partial charge is 0.230 e. The van der Waals surface area contributed by atoms with Crippen LogP contribution in [0.25, 0.3) is 5.69 Å². The zero-order valence-corrected chi connectivity index (χ0v) is 16.5. The number of aryl methyl sites for hydroxylation is 2. The lowest BCUT2D eigenvalue weighted by molar-refractivity contribution is -0.119. The summed E-state index contributed by atoms with van der Waals surface area (Å²) in [6, 6.07) is 6.64. The first-order valence-electron chi connectivity index (χ1n) is 9.53. The van der Waals surface area contributed by atoms with Gasteiger partial charge in [0.05, 0.1) is 11.4 Å². The Morgan fingerprint density at radius 3 is 2.65 bits per heavy atom. The van der Waals surface area contributed by atoms with E-state index in [0.717, 1.165) is 23.7 Å². The SMILES string of the molecule is Cc1ccc(-n2cnnc2SCC(=O)NC2CCCCCCC2)c(C)c1. The summed E-state index contributed by atoms with van der Waals surface area (Å²) in [7, 11) is 0. The second-order valence-electron chi connectivity index (χ2n) is 7.17. The van der Waals surface area contributed by atoms with Crippen LogP contribution in [0.3, 0.4) is 0 Å². The molecule has 0 radical (unpaired) electrons. The van der Waals surface area contributed by atoms with Gasteiger partial charge in [0.25, 0.3) is 0 Å². The van der Waals surface area contributed by atoms with Gasteiger partial charge in [-0.2, -0.15) is 0 Å². The van der Waals surface area contributed by atoms with Crippen molar-refractivity contribution in [2.75, 3.05) is 5.75 Å². The zero-order valence-electron chi connectivity index (χ0n) is 15.7. The molecule has 1 heterocycles. The fourth-order valence-electron chi connectivity index (χ4n) is 3.56. The van der Waals surface area contributed by atoms with E-state index in [1.165, 1.54) is 55.0 Å². The third-order valence-corrected chi connectivity index (χ3v) is 5.87. The fraction of sp³-hybridized carbons (Fsp3) is 0.550. The molecule has 1 aliphatic rings. The number of benzene rings is 1. The molecule has 1 amide bonds. The normalized spacial score (nSPS) is 16.1. The molecule has 1 saturated carbocycles. The van der Waals surface area contributed by atoms with E-state index in [1.54, 1.807) is 6.33 Å². The molecule has 6 heteroatoms. The molecule has 0 saturated heterocycles. The first-order valence-corrected chi connectivity index (χ1v) is 10.5. The van der Waals surface area contributed by atoms with E-state index in [-0.39, 0.29) is 5.91 Å². The number of rotatable bonds is 5. The van der Waals surface area contributed by atoms with Crippen LogP contribution >= 0.6 is 11.8 Å². The molecule has 1 aromatic heterocycles. The van der Waals surface area contributed by atoms with Gasteiger partial charge in [-0.3, -0.25) is 9.36 Å². The minimum atomic E-state index is 0.0933. The van der Waals surface area contributed by atoms with E-state index in [4.69, 9.17) is 0 Å². The lowest BCUT2D eigenvalue weighted by atomic mass is 9.97. The highest BCUT2D eigenvalue weighted by molar-refractivity contribution is 7.99. The van der Waals surface area contributed by atoms with Gasteiger partial charge >= 0.3 is 0 Å². The van der Waals surface area contributed by atoms with Crippen LogP contribution in [-0.2, 0) is 4.79 Å². The second-order valence-corrected chi connectivity index (χ2v) is 8.11. The number of hydrogen-bond donors (Lipinski definition) is 1. The molecule has 26 heavy (non-hydrogen) atoms. The highest BCUT2D eigenvalue weighted by Gasteiger charge is 2.16. The molecular formula is C20H28N4OS. The highest BCUT2D eigenvalue weighted by atomic mass is 32.2. The van der Waals surface area contributed by atoms with E-state index in [2.05, 4.69) is 47.6 Å². The van der Waals surface area contributed by atoms with E-state index < -0.39 is 0 Å². The molecule has 1 aromatic carbocycles. The average molecular weight is 373 g/mol. The molecule has 3 rings (SSSR count). The number of carbonyl (C=O) groups excluding carboxylic acids is 1. The standard InChI is InChI=1S/C20H28N4OS/c1-15-10-11-18(16(2)12-15)24-14-21-23-20(24)26-13-19(25)22-17-8-6-4-3-5-7-9-17/h10-12,14,17H,3-9,13H2,1-2H3,(H,22,25). The van der Waals surface area contributed by atoms with Gasteiger partial charge in [-0.25, -0.2) is 0 Å². The van der Waals surface area contributed by atoms with Crippen molar-refractivity contribution in [1.82, 2.24) is 20.1 Å². The van der Waals surface area contributed by atoms with Gasteiger partial charge in [-0.1, -0.05) is 61.6 Å². The Hall–Kier alpha value is -1.82. The van der Waals surface area contributed by atoms with Crippen molar-refractivity contribution < 1.29 is 4.79 Å². The van der Waals surface area contributed by atoms with Crippen molar-refractivity contribution in [3.05, 3.63) is 35.7 Å². The lowest BCUT2D eigenvalue weighted by Gasteiger charge is -2.20. The Morgan fingerprint density at radius 2 is 1.92 bits per heavy atom. The average Bonchev–Trinajstić information content (AvgIpc) is 3.03. The van der Waals surface area contributed by atoms with Crippen molar-refractivity contribution in [2.24, 2.45) is 0 Å². The molecule has 0 unspecified atom stereocenters. The number of thioether (sulfide) groups is 1. The number of carbonyl (C=O) groups is 1. The predicted molar refractivity (Wildman–Crippen MR) is 106 cm³/mol. The molecule has 1 aliphatic carbocycles.